The van der Waals surface area contributed by atoms with Crippen LogP contribution in [0.1, 0.15) is 57.3 Å². The van der Waals surface area contributed by atoms with Crippen LogP contribution in [0.15, 0.2) is 279 Å². The number of hydrogen-bond donors (Lipinski definition) is 0. The van der Waals surface area contributed by atoms with Gasteiger partial charge in [0.1, 0.15) is 0 Å². The molecule has 0 aliphatic heterocycles. The first-order valence-electron chi connectivity index (χ1n) is 26.5. The molecule has 0 N–H and O–H groups in total. The average molecular weight is 952 g/mol. The van der Waals surface area contributed by atoms with Crippen LogP contribution in [0.5, 0.6) is 0 Å². The Morgan fingerprint density at radius 2 is 0.733 bits per heavy atom. The van der Waals surface area contributed by atoms with Crippen LogP contribution in [0.2, 0.25) is 0 Å². The van der Waals surface area contributed by atoms with E-state index in [-0.39, 0.29) is 0 Å². The van der Waals surface area contributed by atoms with E-state index in [1.54, 1.807) is 0 Å². The van der Waals surface area contributed by atoms with Crippen molar-refractivity contribution < 1.29 is 0 Å². The van der Waals surface area contributed by atoms with Crippen molar-refractivity contribution in [2.24, 2.45) is 0 Å². The number of rotatable bonds is 6. The third kappa shape index (κ3) is 5.78. The van der Waals surface area contributed by atoms with Crippen LogP contribution < -0.4 is 4.90 Å². The maximum Gasteiger partial charge on any atom is 0.0726 e. The fraction of sp³-hybridized carbons (Fsp3) is 0.0541. The maximum atomic E-state index is 2.57. The molecule has 0 fully saturated rings. The minimum atomic E-state index is -0.545. The van der Waals surface area contributed by atoms with Crippen molar-refractivity contribution in [3.8, 4) is 66.8 Å². The highest BCUT2D eigenvalue weighted by atomic mass is 15.1. The third-order valence-corrected chi connectivity index (χ3v) is 17.4. The van der Waals surface area contributed by atoms with Gasteiger partial charge < -0.3 is 4.90 Å². The smallest absolute Gasteiger partial charge is 0.0726 e. The van der Waals surface area contributed by atoms with Crippen molar-refractivity contribution in [2.45, 2.75) is 23.7 Å². The highest BCUT2D eigenvalue weighted by Gasteiger charge is 2.55. The van der Waals surface area contributed by atoms with Crippen molar-refractivity contribution in [2.75, 3.05) is 4.90 Å². The summed E-state index contributed by atoms with van der Waals surface area (Å²) < 4.78 is 0. The van der Waals surface area contributed by atoms with E-state index in [2.05, 4.69) is 278 Å². The Bertz CT molecular complexity index is 4210. The summed E-state index contributed by atoms with van der Waals surface area (Å²) in [6.07, 6.45) is 6.96. The molecule has 350 valence electrons. The largest absolute Gasteiger partial charge is 0.310 e. The topological polar surface area (TPSA) is 3.24 Å². The fourth-order valence-electron chi connectivity index (χ4n) is 14.4. The van der Waals surface area contributed by atoms with Crippen LogP contribution in [0.25, 0.3) is 72.3 Å². The number of fused-ring (bicyclic) bond motifs is 19. The third-order valence-electron chi connectivity index (χ3n) is 17.4. The van der Waals surface area contributed by atoms with Gasteiger partial charge in [-0.15, -0.1) is 0 Å². The van der Waals surface area contributed by atoms with Gasteiger partial charge >= 0.3 is 0 Å². The van der Waals surface area contributed by atoms with E-state index in [4.69, 9.17) is 0 Å². The lowest BCUT2D eigenvalue weighted by Gasteiger charge is -2.34. The highest BCUT2D eigenvalue weighted by Crippen LogP contribution is 2.67. The zero-order chi connectivity index (χ0) is 49.2. The van der Waals surface area contributed by atoms with Gasteiger partial charge in [-0.25, -0.2) is 0 Å². The first-order chi connectivity index (χ1) is 37.2. The van der Waals surface area contributed by atoms with Gasteiger partial charge in [-0.2, -0.15) is 0 Å². The first-order valence-corrected chi connectivity index (χ1v) is 26.5. The molecule has 5 aliphatic carbocycles. The number of anilines is 3. The number of benzene rings is 11. The molecule has 1 nitrogen and oxygen atoms in total. The van der Waals surface area contributed by atoms with Gasteiger partial charge in [0.25, 0.3) is 0 Å². The van der Waals surface area contributed by atoms with E-state index in [0.717, 1.165) is 24.2 Å². The summed E-state index contributed by atoms with van der Waals surface area (Å²) in [5.74, 6) is 0. The number of hydrogen-bond acceptors (Lipinski definition) is 1. The van der Waals surface area contributed by atoms with Gasteiger partial charge in [0.2, 0.25) is 0 Å². The van der Waals surface area contributed by atoms with E-state index in [0.29, 0.717) is 0 Å². The molecular formula is C74H49N. The normalized spacial score (nSPS) is 17.5. The van der Waals surface area contributed by atoms with Crippen molar-refractivity contribution in [1.82, 2.24) is 0 Å². The molecule has 0 heterocycles. The maximum absolute atomic E-state index is 2.57. The number of allylic oxidation sites excluding steroid dienone is 4. The lowest BCUT2D eigenvalue weighted by molar-refractivity contribution is 0.780. The van der Waals surface area contributed by atoms with E-state index < -0.39 is 10.8 Å². The highest BCUT2D eigenvalue weighted by molar-refractivity contribution is 6.03. The molecule has 1 heteroatoms. The molecule has 11 aromatic carbocycles. The van der Waals surface area contributed by atoms with Crippen LogP contribution >= 0.6 is 0 Å². The Hall–Kier alpha value is -9.30. The molecule has 0 saturated carbocycles. The molecule has 11 aromatic rings. The van der Waals surface area contributed by atoms with E-state index in [9.17, 15) is 0 Å². The van der Waals surface area contributed by atoms with Gasteiger partial charge in [0, 0.05) is 16.9 Å². The molecule has 0 saturated heterocycles. The molecule has 0 bridgehead atoms. The molecule has 16 rings (SSSR count). The summed E-state index contributed by atoms with van der Waals surface area (Å²) in [6.45, 7) is 0. The van der Waals surface area contributed by atoms with Crippen molar-refractivity contribution in [3.63, 3.8) is 0 Å². The standard InChI is InChI=1S/C74H49N/c1-4-19-48(20-5-1)51-35-39-54(40-36-51)75(55-41-44-61-58-27-12-16-31-65(58)74(70(61)47-55)64-30-15-11-26-57(64)60-43-38-53(46-69(60)74)50-23-8-3-9-24-50)71-34-18-33-67-72(71)62-28-13-17-32-66(62)73(67)63-29-14-10-25-56(63)59-42-37-52(45-68(59)73)49-21-6-2-7-22-49/h1-9,11-24,26-47H,10,25H2. The molecule has 0 amide bonds. The Morgan fingerprint density at radius 1 is 0.293 bits per heavy atom. The lowest BCUT2D eigenvalue weighted by Crippen LogP contribution is -2.27. The molecule has 0 radical (unpaired) electrons. The fourth-order valence-corrected chi connectivity index (χ4v) is 14.4. The Kier molecular flexibility index (Phi) is 9.06. The summed E-state index contributed by atoms with van der Waals surface area (Å²) >= 11 is 0. The quantitative estimate of drug-likeness (QED) is 0.161. The predicted octanol–water partition coefficient (Wildman–Crippen LogP) is 18.9. The van der Waals surface area contributed by atoms with Gasteiger partial charge in [-0.3, -0.25) is 0 Å². The minimum absolute atomic E-state index is 0.492. The molecule has 0 aromatic heterocycles. The van der Waals surface area contributed by atoms with Crippen LogP contribution in [0.4, 0.5) is 17.1 Å². The van der Waals surface area contributed by atoms with E-state index >= 15 is 0 Å². The van der Waals surface area contributed by atoms with Crippen molar-refractivity contribution >= 4 is 22.6 Å². The summed E-state index contributed by atoms with van der Waals surface area (Å²) in [6, 6.07) is 98.5. The molecular weight excluding hydrogens is 903 g/mol. The van der Waals surface area contributed by atoms with E-state index in [1.165, 1.54) is 128 Å². The van der Waals surface area contributed by atoms with Gasteiger partial charge in [-0.1, -0.05) is 231 Å². The van der Waals surface area contributed by atoms with Crippen LogP contribution in [-0.2, 0) is 10.8 Å². The second kappa shape index (κ2) is 16.1. The monoisotopic (exact) mass is 951 g/mol. The average Bonchev–Trinajstić information content (AvgIpc) is 4.29. The summed E-state index contributed by atoms with van der Waals surface area (Å²) in [5, 5.41) is 0. The zero-order valence-corrected chi connectivity index (χ0v) is 41.3. The van der Waals surface area contributed by atoms with Crippen LogP contribution in [0.3, 0.4) is 0 Å². The van der Waals surface area contributed by atoms with Gasteiger partial charge in [0.15, 0.2) is 0 Å². The van der Waals surface area contributed by atoms with Crippen molar-refractivity contribution in [3.05, 3.63) is 323 Å². The molecule has 2 spiro atoms. The molecule has 5 aliphatic rings. The Morgan fingerprint density at radius 3 is 1.36 bits per heavy atom. The van der Waals surface area contributed by atoms with Crippen LogP contribution in [0, 0.1) is 0 Å². The Labute approximate surface area is 438 Å². The molecule has 2 unspecified atom stereocenters. The van der Waals surface area contributed by atoms with Crippen LogP contribution in [-0.4, -0.2) is 0 Å². The molecule has 2 atom stereocenters. The predicted molar refractivity (Wildman–Crippen MR) is 311 cm³/mol. The SMILES string of the molecule is C1=CC2=C(CC1)c1ccc(-c3ccccc3)cc1C21c2ccccc2-c2c(N(c3ccc(-c4ccccc4)cc3)c3ccc4c(c3)C3(c5ccccc5-c5ccc(-c6ccccc6)cc53)c3ccccc3-4)cccc21. The first kappa shape index (κ1) is 42.2. The minimum Gasteiger partial charge on any atom is -0.310 e. The van der Waals surface area contributed by atoms with Gasteiger partial charge in [0.05, 0.1) is 16.5 Å². The second-order valence-electron chi connectivity index (χ2n) is 20.9. The van der Waals surface area contributed by atoms with Crippen molar-refractivity contribution in [1.29, 1.82) is 0 Å². The summed E-state index contributed by atoms with van der Waals surface area (Å²) in [5.41, 5.74) is 31.1. The molecule has 75 heavy (non-hydrogen) atoms. The van der Waals surface area contributed by atoms with Gasteiger partial charge in [-0.05, 0) is 172 Å². The summed E-state index contributed by atoms with van der Waals surface area (Å²) in [7, 11) is 0. The lowest BCUT2D eigenvalue weighted by atomic mass is 9.68. The summed E-state index contributed by atoms with van der Waals surface area (Å²) in [4.78, 5) is 2.57. The zero-order valence-electron chi connectivity index (χ0n) is 41.3. The number of nitrogens with zero attached hydrogens (tertiary/aromatic N) is 1. The Balaban J connectivity index is 0.966. The van der Waals surface area contributed by atoms with E-state index in [1.807, 2.05) is 0 Å². The second-order valence-corrected chi connectivity index (χ2v) is 20.9.